The predicted molar refractivity (Wildman–Crippen MR) is 93.3 cm³/mol. The molecule has 1 amide bonds. The van der Waals surface area contributed by atoms with Gasteiger partial charge in [-0.1, -0.05) is 0 Å². The average molecular weight is 396 g/mol. The molecule has 0 N–H and O–H groups in total. The van der Waals surface area contributed by atoms with Gasteiger partial charge in [0.25, 0.3) is 0 Å². The number of furan rings is 1. The number of alkyl halides is 3. The van der Waals surface area contributed by atoms with E-state index in [1.165, 1.54) is 18.5 Å². The molecule has 1 aliphatic rings. The van der Waals surface area contributed by atoms with E-state index in [0.29, 0.717) is 18.7 Å². The van der Waals surface area contributed by atoms with Gasteiger partial charge >= 0.3 is 6.18 Å². The Kier molecular flexibility index (Phi) is 4.58. The van der Waals surface area contributed by atoms with Crippen LogP contribution in [0.4, 0.5) is 13.2 Å². The minimum absolute atomic E-state index is 0.0101. The number of amides is 1. The summed E-state index contributed by atoms with van der Waals surface area (Å²) >= 11 is 1.77. The third-order valence-corrected chi connectivity index (χ3v) is 5.26. The summed E-state index contributed by atoms with van der Waals surface area (Å²) in [5.74, 6) is 1.80. The molecule has 1 fully saturated rings. The molecule has 27 heavy (non-hydrogen) atoms. The van der Waals surface area contributed by atoms with Gasteiger partial charge in [-0.05, 0) is 18.2 Å². The number of hydrogen-bond acceptors (Lipinski definition) is 5. The Hall–Kier alpha value is -2.49. The minimum Gasteiger partial charge on any atom is -0.463 e. The molecule has 0 aromatic carbocycles. The van der Waals surface area contributed by atoms with E-state index in [1.54, 1.807) is 22.7 Å². The molecule has 142 valence electrons. The van der Waals surface area contributed by atoms with Gasteiger partial charge in [0.2, 0.25) is 5.91 Å². The molecular weight excluding hydrogens is 381 g/mol. The van der Waals surface area contributed by atoms with Crippen LogP contribution in [0.3, 0.4) is 0 Å². The van der Waals surface area contributed by atoms with Gasteiger partial charge < -0.3 is 9.32 Å². The average Bonchev–Trinajstić information content (AvgIpc) is 3.31. The molecule has 6 nitrogen and oxygen atoms in total. The van der Waals surface area contributed by atoms with E-state index in [1.807, 2.05) is 0 Å². The fourth-order valence-electron chi connectivity index (χ4n) is 2.97. The van der Waals surface area contributed by atoms with Crippen LogP contribution in [-0.4, -0.2) is 50.0 Å². The fourth-order valence-corrected chi connectivity index (χ4v) is 3.88. The Balaban J connectivity index is 1.76. The molecule has 0 bridgehead atoms. The third-order valence-electron chi connectivity index (χ3n) is 4.31. The zero-order chi connectivity index (χ0) is 19.0. The largest absolute Gasteiger partial charge is 0.463 e. The molecule has 0 saturated carbocycles. The lowest BCUT2D eigenvalue weighted by atomic mass is 10.2. The Labute approximate surface area is 156 Å². The molecule has 4 rings (SSSR count). The standard InChI is InChI=1S/C17H15F3N4O2S/c18-17(19,20)14-9-12(13-2-1-5-26-13)22-16-11(10-21-24(14)16)8-15(25)23-3-6-27-7-4-23/h1-2,5,9-10H,3-4,6-8H2. The van der Waals surface area contributed by atoms with Crippen LogP contribution in [0.15, 0.2) is 35.1 Å². The first kappa shape index (κ1) is 17.9. The molecule has 0 unspecified atom stereocenters. The van der Waals surface area contributed by atoms with Crippen molar-refractivity contribution in [3.8, 4) is 11.5 Å². The van der Waals surface area contributed by atoms with E-state index < -0.39 is 11.9 Å². The number of carbonyl (C=O) groups excluding carboxylic acids is 1. The number of hydrogen-bond donors (Lipinski definition) is 0. The number of nitrogens with zero attached hydrogens (tertiary/aromatic N) is 4. The zero-order valence-corrected chi connectivity index (χ0v) is 14.9. The van der Waals surface area contributed by atoms with Crippen molar-refractivity contribution in [2.24, 2.45) is 0 Å². The smallest absolute Gasteiger partial charge is 0.433 e. The molecule has 1 saturated heterocycles. The molecule has 0 radical (unpaired) electrons. The Morgan fingerprint density at radius 1 is 1.30 bits per heavy atom. The molecule has 1 aliphatic heterocycles. The monoisotopic (exact) mass is 396 g/mol. The molecule has 0 aliphatic carbocycles. The number of aromatic nitrogens is 3. The van der Waals surface area contributed by atoms with Gasteiger partial charge in [0, 0.05) is 30.2 Å². The van der Waals surface area contributed by atoms with Crippen LogP contribution in [0, 0.1) is 0 Å². The maximum Gasteiger partial charge on any atom is 0.433 e. The van der Waals surface area contributed by atoms with E-state index in [9.17, 15) is 18.0 Å². The summed E-state index contributed by atoms with van der Waals surface area (Å²) in [5.41, 5.74) is -0.552. The van der Waals surface area contributed by atoms with E-state index in [0.717, 1.165) is 22.1 Å². The van der Waals surface area contributed by atoms with Gasteiger partial charge in [-0.15, -0.1) is 0 Å². The van der Waals surface area contributed by atoms with Crippen molar-refractivity contribution >= 4 is 23.3 Å². The van der Waals surface area contributed by atoms with E-state index >= 15 is 0 Å². The van der Waals surface area contributed by atoms with Crippen molar-refractivity contribution in [3.63, 3.8) is 0 Å². The molecule has 0 atom stereocenters. The highest BCUT2D eigenvalue weighted by atomic mass is 32.2. The number of carbonyl (C=O) groups is 1. The molecule has 3 aromatic heterocycles. The number of thioether (sulfide) groups is 1. The quantitative estimate of drug-likeness (QED) is 0.681. The topological polar surface area (TPSA) is 63.6 Å². The van der Waals surface area contributed by atoms with Gasteiger partial charge in [-0.25, -0.2) is 9.50 Å². The lowest BCUT2D eigenvalue weighted by Crippen LogP contribution is -2.38. The first-order valence-corrected chi connectivity index (χ1v) is 9.43. The first-order valence-electron chi connectivity index (χ1n) is 8.28. The summed E-state index contributed by atoms with van der Waals surface area (Å²) in [7, 11) is 0. The Morgan fingerprint density at radius 2 is 2.07 bits per heavy atom. The molecule has 10 heteroatoms. The third kappa shape index (κ3) is 3.53. The highest BCUT2D eigenvalue weighted by molar-refractivity contribution is 7.99. The van der Waals surface area contributed by atoms with Gasteiger partial charge in [-0.3, -0.25) is 4.79 Å². The summed E-state index contributed by atoms with van der Waals surface area (Å²) in [4.78, 5) is 18.5. The van der Waals surface area contributed by atoms with E-state index in [-0.39, 0.29) is 29.4 Å². The molecule has 3 aromatic rings. The Morgan fingerprint density at radius 3 is 2.74 bits per heavy atom. The SMILES string of the molecule is O=C(Cc1cnn2c(C(F)(F)F)cc(-c3ccco3)nc12)N1CCSCC1. The van der Waals surface area contributed by atoms with Crippen molar-refractivity contribution in [1.29, 1.82) is 0 Å². The molecule has 0 spiro atoms. The van der Waals surface area contributed by atoms with Crippen molar-refractivity contribution in [2.45, 2.75) is 12.6 Å². The summed E-state index contributed by atoms with van der Waals surface area (Å²) in [6.07, 6.45) is -2.02. The van der Waals surface area contributed by atoms with Crippen LogP contribution < -0.4 is 0 Å². The van der Waals surface area contributed by atoms with Crippen LogP contribution in [-0.2, 0) is 17.4 Å². The van der Waals surface area contributed by atoms with Crippen LogP contribution >= 0.6 is 11.8 Å². The fraction of sp³-hybridized carbons (Fsp3) is 0.353. The van der Waals surface area contributed by atoms with Crippen molar-refractivity contribution in [1.82, 2.24) is 19.5 Å². The Bertz CT molecular complexity index is 963. The normalized spacial score (nSPS) is 15.4. The van der Waals surface area contributed by atoms with Crippen molar-refractivity contribution in [3.05, 3.63) is 41.9 Å². The predicted octanol–water partition coefficient (Wildman–Crippen LogP) is 3.13. The maximum absolute atomic E-state index is 13.5. The van der Waals surface area contributed by atoms with Gasteiger partial charge in [0.05, 0.1) is 18.9 Å². The maximum atomic E-state index is 13.5. The zero-order valence-electron chi connectivity index (χ0n) is 14.1. The first-order chi connectivity index (χ1) is 12.9. The summed E-state index contributed by atoms with van der Waals surface area (Å²) in [6.45, 7) is 1.28. The van der Waals surface area contributed by atoms with Crippen LogP contribution in [0.1, 0.15) is 11.3 Å². The number of rotatable bonds is 3. The van der Waals surface area contributed by atoms with Gasteiger partial charge in [0.15, 0.2) is 17.1 Å². The van der Waals surface area contributed by atoms with Crippen molar-refractivity contribution in [2.75, 3.05) is 24.6 Å². The number of halogens is 3. The van der Waals surface area contributed by atoms with Crippen molar-refractivity contribution < 1.29 is 22.4 Å². The molecular formula is C17H15F3N4O2S. The van der Waals surface area contributed by atoms with Crippen LogP contribution in [0.5, 0.6) is 0 Å². The minimum atomic E-state index is -4.63. The second-order valence-electron chi connectivity index (χ2n) is 6.08. The van der Waals surface area contributed by atoms with E-state index in [4.69, 9.17) is 4.42 Å². The number of fused-ring (bicyclic) bond motifs is 1. The second kappa shape index (κ2) is 6.91. The highest BCUT2D eigenvalue weighted by Gasteiger charge is 2.36. The lowest BCUT2D eigenvalue weighted by Gasteiger charge is -2.26. The summed E-state index contributed by atoms with van der Waals surface area (Å²) in [6, 6.07) is 4.00. The summed E-state index contributed by atoms with van der Waals surface area (Å²) < 4.78 is 46.4. The summed E-state index contributed by atoms with van der Waals surface area (Å²) in [5, 5.41) is 3.83. The second-order valence-corrected chi connectivity index (χ2v) is 7.30. The van der Waals surface area contributed by atoms with Gasteiger partial charge in [-0.2, -0.15) is 30.0 Å². The highest BCUT2D eigenvalue weighted by Crippen LogP contribution is 2.33. The van der Waals surface area contributed by atoms with E-state index in [2.05, 4.69) is 10.1 Å². The van der Waals surface area contributed by atoms with Crippen LogP contribution in [0.2, 0.25) is 0 Å². The van der Waals surface area contributed by atoms with Crippen LogP contribution in [0.25, 0.3) is 17.1 Å². The lowest BCUT2D eigenvalue weighted by molar-refractivity contribution is -0.142. The van der Waals surface area contributed by atoms with Gasteiger partial charge in [0.1, 0.15) is 5.69 Å². The molecule has 4 heterocycles.